The predicted molar refractivity (Wildman–Crippen MR) is 84.5 cm³/mol. The highest BCUT2D eigenvalue weighted by Crippen LogP contribution is 2.37. The molecule has 0 unspecified atom stereocenters. The van der Waals surface area contributed by atoms with Crippen LogP contribution in [0.25, 0.3) is 21.9 Å². The maximum atomic E-state index is 11.2. The van der Waals surface area contributed by atoms with Gasteiger partial charge < -0.3 is 4.42 Å². The third-order valence-electron chi connectivity index (χ3n) is 3.35. The van der Waals surface area contributed by atoms with E-state index in [-0.39, 0.29) is 32.1 Å². The minimum absolute atomic E-state index is 0.0151. The first-order chi connectivity index (χ1) is 11.3. The van der Waals surface area contributed by atoms with E-state index < -0.39 is 26.1 Å². The zero-order chi connectivity index (χ0) is 17.6. The van der Waals surface area contributed by atoms with Crippen LogP contribution in [-0.4, -0.2) is 14.8 Å². The molecule has 0 saturated carbocycles. The van der Waals surface area contributed by atoms with Gasteiger partial charge in [-0.3, -0.25) is 30.3 Å². The number of nitro benzene ring substituents is 3. The molecule has 0 radical (unpaired) electrons. The number of hydrogen-bond donors (Lipinski definition) is 0. The SMILES string of the molecule is O=[N+]([O-])c1cc([N+](=O)[O-])c2oc3cccc([N+](=O)[O-])c3c(=S)c2c1. The van der Waals surface area contributed by atoms with Gasteiger partial charge in [0.1, 0.15) is 11.0 Å². The van der Waals surface area contributed by atoms with Gasteiger partial charge in [0.25, 0.3) is 11.4 Å². The second-order valence-corrected chi connectivity index (χ2v) is 5.10. The van der Waals surface area contributed by atoms with Gasteiger partial charge in [-0.1, -0.05) is 18.3 Å². The van der Waals surface area contributed by atoms with Crippen LogP contribution in [0.4, 0.5) is 17.1 Å². The van der Waals surface area contributed by atoms with Gasteiger partial charge >= 0.3 is 5.69 Å². The number of hydrogen-bond acceptors (Lipinski definition) is 8. The number of rotatable bonds is 3. The molecule has 0 atom stereocenters. The molecule has 0 amide bonds. The summed E-state index contributed by atoms with van der Waals surface area (Å²) in [6.07, 6.45) is 0. The lowest BCUT2D eigenvalue weighted by molar-refractivity contribution is -0.393. The summed E-state index contributed by atoms with van der Waals surface area (Å²) in [7, 11) is 0. The standard InChI is InChI=1S/C13H5N3O7S/c17-14(18)6-4-7-12(9(5-6)16(21)22)23-10-3-1-2-8(15(19)20)11(10)13(7)24/h1-5H. The first-order valence-corrected chi connectivity index (χ1v) is 6.69. The number of non-ortho nitro benzene ring substituents is 3. The molecule has 0 spiro atoms. The van der Waals surface area contributed by atoms with E-state index in [4.69, 9.17) is 16.6 Å². The first-order valence-electron chi connectivity index (χ1n) is 6.28. The van der Waals surface area contributed by atoms with Crippen molar-refractivity contribution >= 4 is 51.2 Å². The van der Waals surface area contributed by atoms with Gasteiger partial charge in [-0.2, -0.15) is 0 Å². The van der Waals surface area contributed by atoms with Crippen LogP contribution in [0.5, 0.6) is 0 Å². The number of nitrogens with zero attached hydrogens (tertiary/aromatic N) is 3. The van der Waals surface area contributed by atoms with Crippen molar-refractivity contribution in [2.45, 2.75) is 0 Å². The molecular formula is C13H5N3O7S. The summed E-state index contributed by atoms with van der Waals surface area (Å²) < 4.78 is 5.29. The van der Waals surface area contributed by atoms with Gasteiger partial charge in [0.15, 0.2) is 0 Å². The Hall–Kier alpha value is -3.47. The molecule has 0 fully saturated rings. The van der Waals surface area contributed by atoms with E-state index in [1.165, 1.54) is 18.2 Å². The van der Waals surface area contributed by atoms with E-state index in [0.29, 0.717) is 0 Å². The normalized spacial score (nSPS) is 10.8. The van der Waals surface area contributed by atoms with Gasteiger partial charge in [0.05, 0.1) is 30.7 Å². The number of fused-ring (bicyclic) bond motifs is 2. The van der Waals surface area contributed by atoms with Crippen molar-refractivity contribution in [3.63, 3.8) is 0 Å². The second-order valence-electron chi connectivity index (χ2n) is 4.69. The number of nitro groups is 3. The summed E-state index contributed by atoms with van der Waals surface area (Å²) in [4.78, 5) is 31.0. The van der Waals surface area contributed by atoms with Crippen LogP contribution >= 0.6 is 12.2 Å². The Morgan fingerprint density at radius 1 is 0.917 bits per heavy atom. The average molecular weight is 347 g/mol. The van der Waals surface area contributed by atoms with Gasteiger partial charge in [0, 0.05) is 12.1 Å². The van der Waals surface area contributed by atoms with Crippen LogP contribution in [0.2, 0.25) is 0 Å². The molecule has 0 aliphatic heterocycles. The lowest BCUT2D eigenvalue weighted by Gasteiger charge is -2.04. The third kappa shape index (κ3) is 2.23. The highest BCUT2D eigenvalue weighted by Gasteiger charge is 2.25. The Kier molecular flexibility index (Phi) is 3.41. The largest absolute Gasteiger partial charge is 0.448 e. The molecule has 2 aromatic carbocycles. The zero-order valence-electron chi connectivity index (χ0n) is 11.5. The van der Waals surface area contributed by atoms with Crippen molar-refractivity contribution in [2.24, 2.45) is 0 Å². The van der Waals surface area contributed by atoms with Crippen LogP contribution in [0.3, 0.4) is 0 Å². The highest BCUT2D eigenvalue weighted by atomic mass is 32.1. The molecule has 3 aromatic rings. The molecule has 3 rings (SSSR count). The van der Waals surface area contributed by atoms with Gasteiger partial charge in [-0.05, 0) is 6.07 Å². The predicted octanol–water partition coefficient (Wildman–Crippen LogP) is 4.04. The Morgan fingerprint density at radius 3 is 2.17 bits per heavy atom. The van der Waals surface area contributed by atoms with Gasteiger partial charge in [-0.25, -0.2) is 0 Å². The molecule has 11 heteroatoms. The molecule has 0 N–H and O–H groups in total. The van der Waals surface area contributed by atoms with Gasteiger partial charge in [-0.15, -0.1) is 0 Å². The molecular weight excluding hydrogens is 342 g/mol. The Morgan fingerprint density at radius 2 is 1.58 bits per heavy atom. The molecule has 0 aliphatic rings. The summed E-state index contributed by atoms with van der Waals surface area (Å²) >= 11 is 5.18. The van der Waals surface area contributed by atoms with E-state index in [1.807, 2.05) is 0 Å². The molecule has 24 heavy (non-hydrogen) atoms. The fourth-order valence-electron chi connectivity index (χ4n) is 2.35. The van der Waals surface area contributed by atoms with Gasteiger partial charge in [0.2, 0.25) is 5.58 Å². The smallest absolute Gasteiger partial charge is 0.319 e. The van der Waals surface area contributed by atoms with Crippen molar-refractivity contribution in [2.75, 3.05) is 0 Å². The summed E-state index contributed by atoms with van der Waals surface area (Å²) in [5.41, 5.74) is -1.84. The topological polar surface area (TPSA) is 143 Å². The van der Waals surface area contributed by atoms with Crippen molar-refractivity contribution in [3.8, 4) is 0 Å². The lowest BCUT2D eigenvalue weighted by atomic mass is 10.1. The monoisotopic (exact) mass is 347 g/mol. The van der Waals surface area contributed by atoms with E-state index >= 15 is 0 Å². The van der Waals surface area contributed by atoms with E-state index in [2.05, 4.69) is 0 Å². The highest BCUT2D eigenvalue weighted by molar-refractivity contribution is 7.72. The van der Waals surface area contributed by atoms with Crippen LogP contribution in [0, 0.1) is 34.9 Å². The Balaban J connectivity index is 2.60. The summed E-state index contributed by atoms with van der Waals surface area (Å²) in [6, 6.07) is 5.68. The van der Waals surface area contributed by atoms with E-state index in [1.54, 1.807) is 0 Å². The maximum Gasteiger partial charge on any atom is 0.319 e. The number of benzene rings is 2. The Bertz CT molecular complexity index is 1120. The minimum Gasteiger partial charge on any atom is -0.448 e. The molecule has 0 bridgehead atoms. The minimum atomic E-state index is -0.837. The average Bonchev–Trinajstić information content (AvgIpc) is 2.53. The van der Waals surface area contributed by atoms with Crippen molar-refractivity contribution in [3.05, 3.63) is 65.2 Å². The van der Waals surface area contributed by atoms with Crippen molar-refractivity contribution < 1.29 is 19.2 Å². The molecule has 1 aromatic heterocycles. The maximum absolute atomic E-state index is 11.2. The Labute approximate surface area is 136 Å². The molecule has 0 saturated heterocycles. The molecule has 10 nitrogen and oxygen atoms in total. The fourth-order valence-corrected chi connectivity index (χ4v) is 2.70. The van der Waals surface area contributed by atoms with Crippen LogP contribution in [-0.2, 0) is 0 Å². The second kappa shape index (κ2) is 5.31. The zero-order valence-corrected chi connectivity index (χ0v) is 12.3. The summed E-state index contributed by atoms with van der Waals surface area (Å²) in [5, 5.41) is 33.2. The van der Waals surface area contributed by atoms with E-state index in [0.717, 1.165) is 12.1 Å². The van der Waals surface area contributed by atoms with Crippen LogP contribution < -0.4 is 0 Å². The molecule has 120 valence electrons. The summed E-state index contributed by atoms with van der Waals surface area (Å²) in [5.74, 6) is 0. The van der Waals surface area contributed by atoms with Crippen molar-refractivity contribution in [1.82, 2.24) is 0 Å². The van der Waals surface area contributed by atoms with E-state index in [9.17, 15) is 30.3 Å². The molecule has 1 heterocycles. The lowest BCUT2D eigenvalue weighted by Crippen LogP contribution is -1.96. The quantitative estimate of drug-likeness (QED) is 0.299. The summed E-state index contributed by atoms with van der Waals surface area (Å²) in [6.45, 7) is 0. The van der Waals surface area contributed by atoms with Crippen LogP contribution in [0.1, 0.15) is 0 Å². The molecule has 0 aliphatic carbocycles. The van der Waals surface area contributed by atoms with Crippen LogP contribution in [0.15, 0.2) is 34.7 Å². The fraction of sp³-hybridized carbons (Fsp3) is 0. The van der Waals surface area contributed by atoms with Crippen molar-refractivity contribution in [1.29, 1.82) is 0 Å². The first kappa shape index (κ1) is 15.4. The third-order valence-corrected chi connectivity index (χ3v) is 3.77.